The monoisotopic (exact) mass is 336 g/mol. The van der Waals surface area contributed by atoms with E-state index in [9.17, 15) is 9.59 Å². The number of para-hydroxylation sites is 1. The van der Waals surface area contributed by atoms with Gasteiger partial charge < -0.3 is 10.2 Å². The maximum Gasteiger partial charge on any atom is 0.228 e. The van der Waals surface area contributed by atoms with Crippen molar-refractivity contribution in [3.05, 3.63) is 65.2 Å². The lowest BCUT2D eigenvalue weighted by atomic mass is 10.0. The van der Waals surface area contributed by atoms with Crippen molar-refractivity contribution in [2.24, 2.45) is 0 Å². The quantitative estimate of drug-likeness (QED) is 0.912. The summed E-state index contributed by atoms with van der Waals surface area (Å²) in [5.41, 5.74) is 4.38. The first-order valence-electron chi connectivity index (χ1n) is 8.84. The molecule has 2 aromatic rings. The van der Waals surface area contributed by atoms with Crippen molar-refractivity contribution in [3.8, 4) is 0 Å². The van der Waals surface area contributed by atoms with Crippen LogP contribution >= 0.6 is 0 Å². The van der Waals surface area contributed by atoms with Crippen LogP contribution in [0.4, 0.5) is 5.69 Å². The number of aryl methyl sites for hydroxylation is 2. The van der Waals surface area contributed by atoms with Crippen molar-refractivity contribution < 1.29 is 9.59 Å². The maximum atomic E-state index is 12.5. The molecule has 4 nitrogen and oxygen atoms in total. The molecule has 0 saturated carbocycles. The van der Waals surface area contributed by atoms with E-state index in [0.717, 1.165) is 36.2 Å². The fraction of sp³-hybridized carbons (Fsp3) is 0.333. The molecule has 3 rings (SSSR count). The Morgan fingerprint density at radius 3 is 2.68 bits per heavy atom. The molecule has 0 saturated heterocycles. The van der Waals surface area contributed by atoms with Crippen molar-refractivity contribution in [2.45, 2.75) is 32.6 Å². The fourth-order valence-electron chi connectivity index (χ4n) is 3.28. The zero-order valence-electron chi connectivity index (χ0n) is 14.6. The van der Waals surface area contributed by atoms with Crippen LogP contribution in [0.1, 0.15) is 29.5 Å². The van der Waals surface area contributed by atoms with Crippen LogP contribution in [0.2, 0.25) is 0 Å². The molecule has 0 unspecified atom stereocenters. The molecule has 1 aliphatic rings. The second-order valence-corrected chi connectivity index (χ2v) is 6.48. The minimum atomic E-state index is -0.0406. The van der Waals surface area contributed by atoms with Crippen molar-refractivity contribution in [1.82, 2.24) is 5.32 Å². The lowest BCUT2D eigenvalue weighted by Crippen LogP contribution is -2.38. The zero-order valence-corrected chi connectivity index (χ0v) is 14.6. The molecule has 130 valence electrons. The highest BCUT2D eigenvalue weighted by Crippen LogP contribution is 2.26. The minimum Gasteiger partial charge on any atom is -0.355 e. The van der Waals surface area contributed by atoms with Gasteiger partial charge in [0.1, 0.15) is 0 Å². The van der Waals surface area contributed by atoms with Crippen LogP contribution in [-0.2, 0) is 22.4 Å². The molecule has 25 heavy (non-hydrogen) atoms. The normalized spacial score (nSPS) is 13.2. The van der Waals surface area contributed by atoms with E-state index in [4.69, 9.17) is 0 Å². The number of benzene rings is 2. The molecular weight excluding hydrogens is 312 g/mol. The summed E-state index contributed by atoms with van der Waals surface area (Å²) in [5, 5.41) is 2.87. The van der Waals surface area contributed by atoms with Crippen molar-refractivity contribution in [1.29, 1.82) is 0 Å². The Labute approximate surface area is 148 Å². The molecule has 4 heteroatoms. The molecule has 0 radical (unpaired) electrons. The molecule has 0 aliphatic carbocycles. The van der Waals surface area contributed by atoms with E-state index in [1.165, 1.54) is 5.56 Å². The van der Waals surface area contributed by atoms with Gasteiger partial charge in [-0.2, -0.15) is 0 Å². The highest BCUT2D eigenvalue weighted by Gasteiger charge is 2.21. The third-order valence-corrected chi connectivity index (χ3v) is 4.68. The Balaban J connectivity index is 1.50. The number of rotatable bonds is 5. The number of fused-ring (bicyclic) bond motifs is 1. The van der Waals surface area contributed by atoms with Gasteiger partial charge in [0, 0.05) is 25.2 Å². The summed E-state index contributed by atoms with van der Waals surface area (Å²) >= 11 is 0. The van der Waals surface area contributed by atoms with E-state index in [-0.39, 0.29) is 11.8 Å². The lowest BCUT2D eigenvalue weighted by Gasteiger charge is -2.29. The van der Waals surface area contributed by atoms with E-state index in [1.807, 2.05) is 54.3 Å². The van der Waals surface area contributed by atoms with Crippen LogP contribution < -0.4 is 10.2 Å². The van der Waals surface area contributed by atoms with Gasteiger partial charge in [-0.25, -0.2) is 0 Å². The minimum absolute atomic E-state index is 0.0406. The highest BCUT2D eigenvalue weighted by molar-refractivity contribution is 5.95. The number of nitrogens with zero attached hydrogens (tertiary/aromatic N) is 1. The SMILES string of the molecule is Cc1ccccc1CC(=O)NCCC(=O)N1CCCc2ccccc21. The second kappa shape index (κ2) is 7.97. The van der Waals surface area contributed by atoms with Gasteiger partial charge in [0.2, 0.25) is 11.8 Å². The van der Waals surface area contributed by atoms with Gasteiger partial charge in [0.15, 0.2) is 0 Å². The summed E-state index contributed by atoms with van der Waals surface area (Å²) in [6, 6.07) is 15.9. The topological polar surface area (TPSA) is 49.4 Å². The number of nitrogens with one attached hydrogen (secondary N) is 1. The molecule has 1 N–H and O–H groups in total. The summed E-state index contributed by atoms with van der Waals surface area (Å²) < 4.78 is 0. The first kappa shape index (κ1) is 17.2. The number of hydrogen-bond donors (Lipinski definition) is 1. The third-order valence-electron chi connectivity index (χ3n) is 4.68. The van der Waals surface area contributed by atoms with Crippen molar-refractivity contribution >= 4 is 17.5 Å². The van der Waals surface area contributed by atoms with Crippen LogP contribution in [-0.4, -0.2) is 24.9 Å². The van der Waals surface area contributed by atoms with Gasteiger partial charge in [-0.15, -0.1) is 0 Å². The molecule has 1 heterocycles. The summed E-state index contributed by atoms with van der Waals surface area (Å²) in [7, 11) is 0. The van der Waals surface area contributed by atoms with Crippen LogP contribution in [0.15, 0.2) is 48.5 Å². The number of carbonyl (C=O) groups is 2. The van der Waals surface area contributed by atoms with Gasteiger partial charge in [-0.1, -0.05) is 42.5 Å². The van der Waals surface area contributed by atoms with E-state index < -0.39 is 0 Å². The van der Waals surface area contributed by atoms with Gasteiger partial charge in [0.05, 0.1) is 6.42 Å². The number of hydrogen-bond acceptors (Lipinski definition) is 2. The predicted octanol–water partition coefficient (Wildman–Crippen LogP) is 3.02. The van der Waals surface area contributed by atoms with Gasteiger partial charge in [-0.3, -0.25) is 9.59 Å². The molecular formula is C21H24N2O2. The Kier molecular flexibility index (Phi) is 5.49. The zero-order chi connectivity index (χ0) is 17.6. The lowest BCUT2D eigenvalue weighted by molar-refractivity contribution is -0.121. The molecule has 0 aromatic heterocycles. The van der Waals surface area contributed by atoms with Gasteiger partial charge in [0.25, 0.3) is 0 Å². The fourth-order valence-corrected chi connectivity index (χ4v) is 3.28. The first-order chi connectivity index (χ1) is 12.1. The average molecular weight is 336 g/mol. The van der Waals surface area contributed by atoms with E-state index >= 15 is 0 Å². The molecule has 2 amide bonds. The molecule has 0 atom stereocenters. The number of carbonyl (C=O) groups excluding carboxylic acids is 2. The Morgan fingerprint density at radius 2 is 1.84 bits per heavy atom. The summed E-state index contributed by atoms with van der Waals surface area (Å²) in [4.78, 5) is 26.5. The third kappa shape index (κ3) is 4.27. The van der Waals surface area contributed by atoms with Crippen LogP contribution in [0, 0.1) is 6.92 Å². The Hall–Kier alpha value is -2.62. The molecule has 0 spiro atoms. The Morgan fingerprint density at radius 1 is 1.08 bits per heavy atom. The number of amides is 2. The van der Waals surface area contributed by atoms with Crippen LogP contribution in [0.5, 0.6) is 0 Å². The Bertz CT molecular complexity index is 770. The standard InChI is InChI=1S/C21H24N2O2/c1-16-7-2-3-9-18(16)15-20(24)22-13-12-21(25)23-14-6-10-17-8-4-5-11-19(17)23/h2-5,7-9,11H,6,10,12-15H2,1H3,(H,22,24). The van der Waals surface area contributed by atoms with E-state index in [2.05, 4.69) is 11.4 Å². The van der Waals surface area contributed by atoms with Gasteiger partial charge in [-0.05, 0) is 42.5 Å². The summed E-state index contributed by atoms with van der Waals surface area (Å²) in [6.45, 7) is 3.13. The average Bonchev–Trinajstić information content (AvgIpc) is 2.63. The first-order valence-corrected chi connectivity index (χ1v) is 8.84. The molecule has 0 bridgehead atoms. The largest absolute Gasteiger partial charge is 0.355 e. The summed E-state index contributed by atoms with van der Waals surface area (Å²) in [5.74, 6) is 0.0319. The second-order valence-electron chi connectivity index (χ2n) is 6.48. The number of anilines is 1. The van der Waals surface area contributed by atoms with E-state index in [1.54, 1.807) is 0 Å². The summed E-state index contributed by atoms with van der Waals surface area (Å²) in [6.07, 6.45) is 2.69. The van der Waals surface area contributed by atoms with Crippen molar-refractivity contribution in [2.75, 3.05) is 18.0 Å². The molecule has 1 aliphatic heterocycles. The van der Waals surface area contributed by atoms with Crippen LogP contribution in [0.3, 0.4) is 0 Å². The van der Waals surface area contributed by atoms with Gasteiger partial charge >= 0.3 is 0 Å². The smallest absolute Gasteiger partial charge is 0.228 e. The molecule has 2 aromatic carbocycles. The molecule has 0 fully saturated rings. The maximum absolute atomic E-state index is 12.5. The van der Waals surface area contributed by atoms with Crippen LogP contribution in [0.25, 0.3) is 0 Å². The van der Waals surface area contributed by atoms with Crippen molar-refractivity contribution in [3.63, 3.8) is 0 Å². The van der Waals surface area contributed by atoms with E-state index in [0.29, 0.717) is 19.4 Å². The predicted molar refractivity (Wildman–Crippen MR) is 99.6 cm³/mol. The highest BCUT2D eigenvalue weighted by atomic mass is 16.2.